The summed E-state index contributed by atoms with van der Waals surface area (Å²) in [5.41, 5.74) is 3.45. The molecule has 0 saturated carbocycles. The van der Waals surface area contributed by atoms with Gasteiger partial charge in [-0.15, -0.1) is 10.2 Å². The molecule has 1 unspecified atom stereocenters. The van der Waals surface area contributed by atoms with Gasteiger partial charge in [0.05, 0.1) is 11.5 Å². The molecule has 0 N–H and O–H groups in total. The van der Waals surface area contributed by atoms with Crippen LogP contribution in [0, 0.1) is 6.92 Å². The van der Waals surface area contributed by atoms with Gasteiger partial charge in [-0.25, -0.2) is 13.2 Å². The summed E-state index contributed by atoms with van der Waals surface area (Å²) >= 11 is 1.48. The number of fused-ring (bicyclic) bond motifs is 1. The Morgan fingerprint density at radius 1 is 1.27 bits per heavy atom. The zero-order valence-electron chi connectivity index (χ0n) is 17.5. The van der Waals surface area contributed by atoms with Crippen LogP contribution in [0.4, 0.5) is 0 Å². The molecular formula is C21H25N3O4S2. The maximum absolute atomic E-state index is 12.1. The maximum Gasteiger partial charge on any atom is 0.336 e. The molecule has 1 aliphatic heterocycles. The predicted molar refractivity (Wildman–Crippen MR) is 118 cm³/mol. The van der Waals surface area contributed by atoms with Crippen LogP contribution < -0.4 is 5.63 Å². The van der Waals surface area contributed by atoms with Gasteiger partial charge in [-0.2, -0.15) is 0 Å². The van der Waals surface area contributed by atoms with E-state index < -0.39 is 9.84 Å². The Morgan fingerprint density at radius 3 is 2.70 bits per heavy atom. The number of hydrogen-bond acceptors (Lipinski definition) is 7. The molecule has 1 aromatic carbocycles. The summed E-state index contributed by atoms with van der Waals surface area (Å²) in [7, 11) is -1.12. The Kier molecular flexibility index (Phi) is 5.52. The first-order valence-electron chi connectivity index (χ1n) is 9.94. The van der Waals surface area contributed by atoms with Crippen LogP contribution in [0.3, 0.4) is 0 Å². The van der Waals surface area contributed by atoms with Gasteiger partial charge in [0, 0.05) is 30.2 Å². The second-order valence-electron chi connectivity index (χ2n) is 8.24. The van der Waals surface area contributed by atoms with Crippen molar-refractivity contribution in [1.82, 2.24) is 14.8 Å². The molecule has 3 heterocycles. The van der Waals surface area contributed by atoms with Crippen LogP contribution in [-0.4, -0.2) is 34.7 Å². The first-order valence-corrected chi connectivity index (χ1v) is 12.7. The minimum Gasteiger partial charge on any atom is -0.423 e. The van der Waals surface area contributed by atoms with E-state index in [-0.39, 0.29) is 23.0 Å². The zero-order valence-corrected chi connectivity index (χ0v) is 19.1. The van der Waals surface area contributed by atoms with E-state index in [9.17, 15) is 13.2 Å². The number of sulfone groups is 1. The van der Waals surface area contributed by atoms with Crippen LogP contribution in [0.1, 0.15) is 54.6 Å². The first-order chi connectivity index (χ1) is 14.1. The maximum atomic E-state index is 12.1. The average molecular weight is 448 g/mol. The van der Waals surface area contributed by atoms with Gasteiger partial charge in [-0.3, -0.25) is 0 Å². The largest absolute Gasteiger partial charge is 0.423 e. The van der Waals surface area contributed by atoms with E-state index in [0.717, 1.165) is 16.5 Å². The third kappa shape index (κ3) is 4.05. The molecule has 4 rings (SSSR count). The van der Waals surface area contributed by atoms with Gasteiger partial charge in [0.1, 0.15) is 11.4 Å². The molecule has 1 aliphatic rings. The Balaban J connectivity index is 1.63. The van der Waals surface area contributed by atoms with Crippen molar-refractivity contribution in [3.05, 3.63) is 51.1 Å². The molecule has 7 nitrogen and oxygen atoms in total. The number of aryl methyl sites for hydroxylation is 1. The highest BCUT2D eigenvalue weighted by molar-refractivity contribution is 7.98. The second-order valence-corrected chi connectivity index (χ2v) is 11.4. The normalized spacial score (nSPS) is 18.5. The molecule has 0 bridgehead atoms. The van der Waals surface area contributed by atoms with Crippen molar-refractivity contribution in [2.45, 2.75) is 49.9 Å². The number of aromatic nitrogens is 3. The Labute approximate surface area is 179 Å². The van der Waals surface area contributed by atoms with E-state index in [1.165, 1.54) is 23.4 Å². The smallest absolute Gasteiger partial charge is 0.336 e. The fourth-order valence-electron chi connectivity index (χ4n) is 4.08. The van der Waals surface area contributed by atoms with E-state index in [1.54, 1.807) is 0 Å². The monoisotopic (exact) mass is 447 g/mol. The van der Waals surface area contributed by atoms with Crippen LogP contribution in [0.25, 0.3) is 11.0 Å². The second kappa shape index (κ2) is 7.85. The molecule has 0 radical (unpaired) electrons. The van der Waals surface area contributed by atoms with Gasteiger partial charge in [0.2, 0.25) is 0 Å². The SMILES string of the molecule is Cc1cc2oc(=O)cc(CSc3nnc(C4CCS(=O)(=O)C4)n3C)c2cc1C(C)C. The lowest BCUT2D eigenvalue weighted by Crippen LogP contribution is -2.09. The minimum atomic E-state index is -2.98. The molecule has 1 saturated heterocycles. The molecule has 1 atom stereocenters. The number of hydrogen-bond donors (Lipinski definition) is 0. The zero-order chi connectivity index (χ0) is 21.6. The molecular weight excluding hydrogens is 422 g/mol. The highest BCUT2D eigenvalue weighted by atomic mass is 32.2. The molecule has 0 aliphatic carbocycles. The van der Waals surface area contributed by atoms with Crippen molar-refractivity contribution in [3.8, 4) is 0 Å². The van der Waals surface area contributed by atoms with Gasteiger partial charge < -0.3 is 8.98 Å². The molecule has 3 aromatic rings. The molecule has 9 heteroatoms. The van der Waals surface area contributed by atoms with E-state index >= 15 is 0 Å². The van der Waals surface area contributed by atoms with Crippen LogP contribution in [0.5, 0.6) is 0 Å². The van der Waals surface area contributed by atoms with Crippen LogP contribution >= 0.6 is 11.8 Å². The Bertz CT molecular complexity index is 1280. The summed E-state index contributed by atoms with van der Waals surface area (Å²) < 4.78 is 30.9. The lowest BCUT2D eigenvalue weighted by Gasteiger charge is -2.13. The van der Waals surface area contributed by atoms with Gasteiger partial charge in [0.25, 0.3) is 0 Å². The van der Waals surface area contributed by atoms with E-state index in [2.05, 4.69) is 30.1 Å². The third-order valence-corrected chi connectivity index (χ3v) is 8.50. The van der Waals surface area contributed by atoms with Crippen molar-refractivity contribution in [3.63, 3.8) is 0 Å². The van der Waals surface area contributed by atoms with Crippen LogP contribution in [0.2, 0.25) is 0 Å². The summed E-state index contributed by atoms with van der Waals surface area (Å²) in [6.45, 7) is 6.32. The summed E-state index contributed by atoms with van der Waals surface area (Å²) in [6, 6.07) is 5.58. The summed E-state index contributed by atoms with van der Waals surface area (Å²) in [5, 5.41) is 10.1. The third-order valence-electron chi connectivity index (χ3n) is 5.66. The first kappa shape index (κ1) is 21.1. The molecule has 2 aromatic heterocycles. The molecule has 0 amide bonds. The van der Waals surface area contributed by atoms with Gasteiger partial charge in [0.15, 0.2) is 15.0 Å². The molecule has 1 fully saturated rings. The fourth-order valence-corrected chi connectivity index (χ4v) is 6.73. The molecule has 30 heavy (non-hydrogen) atoms. The lowest BCUT2D eigenvalue weighted by molar-refractivity contribution is 0.559. The van der Waals surface area contributed by atoms with Crippen LogP contribution in [0.15, 0.2) is 32.6 Å². The predicted octanol–water partition coefficient (Wildman–Crippen LogP) is 3.55. The van der Waals surface area contributed by atoms with E-state index in [1.807, 2.05) is 24.6 Å². The van der Waals surface area contributed by atoms with E-state index in [0.29, 0.717) is 34.7 Å². The van der Waals surface area contributed by atoms with Crippen LogP contribution in [-0.2, 0) is 22.6 Å². The topological polar surface area (TPSA) is 95.1 Å². The number of benzene rings is 1. The van der Waals surface area contributed by atoms with Crippen molar-refractivity contribution in [2.75, 3.05) is 11.5 Å². The number of thioether (sulfide) groups is 1. The summed E-state index contributed by atoms with van der Waals surface area (Å²) in [6.07, 6.45) is 0.584. The minimum absolute atomic E-state index is 0.108. The van der Waals surface area contributed by atoms with Crippen molar-refractivity contribution < 1.29 is 12.8 Å². The molecule has 0 spiro atoms. The van der Waals surface area contributed by atoms with Crippen molar-refractivity contribution in [1.29, 1.82) is 0 Å². The highest BCUT2D eigenvalue weighted by Gasteiger charge is 2.32. The van der Waals surface area contributed by atoms with E-state index in [4.69, 9.17) is 4.42 Å². The molecule has 160 valence electrons. The fraction of sp³-hybridized carbons (Fsp3) is 0.476. The highest BCUT2D eigenvalue weighted by Crippen LogP contribution is 2.32. The van der Waals surface area contributed by atoms with Crippen molar-refractivity contribution >= 4 is 32.6 Å². The van der Waals surface area contributed by atoms with Gasteiger partial charge in [-0.05, 0) is 48.1 Å². The van der Waals surface area contributed by atoms with Gasteiger partial charge in [-0.1, -0.05) is 25.6 Å². The Hall–Kier alpha value is -2.13. The van der Waals surface area contributed by atoms with Crippen molar-refractivity contribution in [2.24, 2.45) is 7.05 Å². The van der Waals surface area contributed by atoms with Gasteiger partial charge >= 0.3 is 5.63 Å². The Morgan fingerprint density at radius 2 is 2.03 bits per heavy atom. The standard InChI is InChI=1S/C21H25N3O4S2/c1-12(2)16-9-17-15(8-19(25)28-18(17)7-13(16)3)10-29-21-23-22-20(24(21)4)14-5-6-30(26,27)11-14/h7-9,12,14H,5-6,10-11H2,1-4H3. The average Bonchev–Trinajstić information content (AvgIpc) is 3.20. The number of rotatable bonds is 5. The lowest BCUT2D eigenvalue weighted by atomic mass is 9.95. The summed E-state index contributed by atoms with van der Waals surface area (Å²) in [4.78, 5) is 12.1. The number of nitrogens with zero attached hydrogens (tertiary/aromatic N) is 3. The summed E-state index contributed by atoms with van der Waals surface area (Å²) in [5.74, 6) is 1.84. The quantitative estimate of drug-likeness (QED) is 0.436.